The number of alkyl halides is 3. The first-order valence-corrected chi connectivity index (χ1v) is 8.06. The zero-order chi connectivity index (χ0) is 17.2. The molecule has 7 heteroatoms. The van der Waals surface area contributed by atoms with Gasteiger partial charge in [0.1, 0.15) is 0 Å². The van der Waals surface area contributed by atoms with Crippen molar-refractivity contribution in [1.82, 2.24) is 0 Å². The van der Waals surface area contributed by atoms with Crippen LogP contribution in [0.25, 0.3) is 0 Å². The lowest BCUT2D eigenvalue weighted by Crippen LogP contribution is -2.41. The second kappa shape index (κ2) is 5.14. The summed E-state index contributed by atoms with van der Waals surface area (Å²) in [6.45, 7) is 7.41. The van der Waals surface area contributed by atoms with E-state index in [1.807, 2.05) is 27.7 Å². The smallest absolute Gasteiger partial charge is 0.399 e. The number of benzene rings is 1. The van der Waals surface area contributed by atoms with Crippen LogP contribution in [0.1, 0.15) is 57.6 Å². The zero-order valence-electron chi connectivity index (χ0n) is 13.6. The largest absolute Gasteiger partial charge is 0.496 e. The molecule has 2 fully saturated rings. The molecule has 23 heavy (non-hydrogen) atoms. The summed E-state index contributed by atoms with van der Waals surface area (Å²) >= 11 is 6.26. The fourth-order valence-electron chi connectivity index (χ4n) is 2.73. The number of rotatable bonds is 2. The van der Waals surface area contributed by atoms with Crippen molar-refractivity contribution in [3.63, 3.8) is 0 Å². The van der Waals surface area contributed by atoms with Gasteiger partial charge in [-0.15, -0.1) is 0 Å². The Kier molecular flexibility index (Phi) is 3.82. The first kappa shape index (κ1) is 17.1. The van der Waals surface area contributed by atoms with Gasteiger partial charge in [-0.3, -0.25) is 0 Å². The SMILES string of the molecule is CC1(C)OB(c2cc(C(F)(F)F)c(C3CC3)cc2Cl)OC1(C)C. The highest BCUT2D eigenvalue weighted by molar-refractivity contribution is 6.65. The molecule has 1 saturated carbocycles. The van der Waals surface area contributed by atoms with E-state index in [4.69, 9.17) is 20.9 Å². The van der Waals surface area contributed by atoms with Crippen molar-refractivity contribution in [3.05, 3.63) is 28.3 Å². The van der Waals surface area contributed by atoms with Gasteiger partial charge in [-0.2, -0.15) is 13.2 Å². The van der Waals surface area contributed by atoms with Gasteiger partial charge in [-0.25, -0.2) is 0 Å². The summed E-state index contributed by atoms with van der Waals surface area (Å²) in [5.41, 5.74) is -1.37. The zero-order valence-corrected chi connectivity index (χ0v) is 14.3. The maximum atomic E-state index is 13.4. The molecule has 0 amide bonds. The molecule has 0 atom stereocenters. The Morgan fingerprint density at radius 2 is 1.61 bits per heavy atom. The monoisotopic (exact) mass is 346 g/mol. The molecule has 0 bridgehead atoms. The summed E-state index contributed by atoms with van der Waals surface area (Å²) in [5.74, 6) is -0.0449. The van der Waals surface area contributed by atoms with Crippen LogP contribution in [0.2, 0.25) is 5.02 Å². The lowest BCUT2D eigenvalue weighted by atomic mass is 9.77. The molecule has 2 aliphatic rings. The second-order valence-electron chi connectivity index (χ2n) is 7.32. The Bertz CT molecular complexity index is 623. The highest BCUT2D eigenvalue weighted by atomic mass is 35.5. The molecule has 126 valence electrons. The van der Waals surface area contributed by atoms with Gasteiger partial charge in [-0.1, -0.05) is 11.6 Å². The quantitative estimate of drug-likeness (QED) is 0.732. The first-order valence-electron chi connectivity index (χ1n) is 7.68. The van der Waals surface area contributed by atoms with Gasteiger partial charge in [0.25, 0.3) is 0 Å². The molecule has 1 aromatic rings. The van der Waals surface area contributed by atoms with E-state index in [1.54, 1.807) is 0 Å². The number of hydrogen-bond donors (Lipinski definition) is 0. The summed E-state index contributed by atoms with van der Waals surface area (Å²) in [5, 5.41) is 0.262. The average Bonchev–Trinajstić information content (AvgIpc) is 3.16. The van der Waals surface area contributed by atoms with Crippen LogP contribution in [-0.4, -0.2) is 18.3 Å². The lowest BCUT2D eigenvalue weighted by Gasteiger charge is -2.32. The second-order valence-corrected chi connectivity index (χ2v) is 7.73. The molecule has 1 aliphatic carbocycles. The van der Waals surface area contributed by atoms with Gasteiger partial charge >= 0.3 is 13.3 Å². The fourth-order valence-corrected chi connectivity index (χ4v) is 2.99. The minimum Gasteiger partial charge on any atom is -0.399 e. The van der Waals surface area contributed by atoms with Crippen LogP contribution in [0.5, 0.6) is 0 Å². The van der Waals surface area contributed by atoms with Crippen molar-refractivity contribution < 1.29 is 22.5 Å². The molecule has 0 N–H and O–H groups in total. The molecule has 0 aromatic heterocycles. The highest BCUT2D eigenvalue weighted by Crippen LogP contribution is 2.47. The molecular weight excluding hydrogens is 327 g/mol. The van der Waals surface area contributed by atoms with Crippen molar-refractivity contribution in [1.29, 1.82) is 0 Å². The van der Waals surface area contributed by atoms with Crippen LogP contribution in [-0.2, 0) is 15.5 Å². The first-order chi connectivity index (χ1) is 10.4. The molecule has 1 aliphatic heterocycles. The minimum absolute atomic E-state index is 0.0449. The standard InChI is InChI=1S/C16H19BClF3O2/c1-14(2)15(3,4)23-17(22-14)12-8-11(16(19,20)21)10(7-13(12)18)9-5-6-9/h7-9H,5-6H2,1-4H3. The predicted octanol–water partition coefficient (Wildman–Crippen LogP) is 4.54. The van der Waals surface area contributed by atoms with Crippen LogP contribution >= 0.6 is 11.6 Å². The van der Waals surface area contributed by atoms with E-state index in [0.717, 1.165) is 18.9 Å². The average molecular weight is 347 g/mol. The van der Waals surface area contributed by atoms with Crippen LogP contribution in [0, 0.1) is 0 Å². The summed E-state index contributed by atoms with van der Waals surface area (Å²) < 4.78 is 51.9. The normalized spacial score (nSPS) is 23.4. The predicted molar refractivity (Wildman–Crippen MR) is 84.1 cm³/mol. The topological polar surface area (TPSA) is 18.5 Å². The third kappa shape index (κ3) is 3.01. The summed E-state index contributed by atoms with van der Waals surface area (Å²) in [6, 6.07) is 2.53. The number of halogens is 4. The third-order valence-corrected chi connectivity index (χ3v) is 5.33. The highest BCUT2D eigenvalue weighted by Gasteiger charge is 2.53. The molecule has 2 nitrogen and oxygen atoms in total. The summed E-state index contributed by atoms with van der Waals surface area (Å²) in [6.07, 6.45) is -2.87. The Hall–Kier alpha value is -0.715. The Morgan fingerprint density at radius 3 is 2.04 bits per heavy atom. The van der Waals surface area contributed by atoms with Gasteiger partial charge < -0.3 is 9.31 Å². The molecular formula is C16H19BClF3O2. The molecule has 0 unspecified atom stereocenters. The molecule has 1 heterocycles. The van der Waals surface area contributed by atoms with Crippen molar-refractivity contribution in [3.8, 4) is 0 Å². The van der Waals surface area contributed by atoms with E-state index in [1.165, 1.54) is 6.07 Å². The maximum absolute atomic E-state index is 13.4. The minimum atomic E-state index is -4.42. The Labute approximate surface area is 139 Å². The van der Waals surface area contributed by atoms with E-state index in [0.29, 0.717) is 0 Å². The van der Waals surface area contributed by atoms with E-state index in [9.17, 15) is 13.2 Å². The van der Waals surface area contributed by atoms with E-state index < -0.39 is 30.1 Å². The summed E-state index contributed by atoms with van der Waals surface area (Å²) in [4.78, 5) is 0. The third-order valence-electron chi connectivity index (χ3n) is 5.00. The lowest BCUT2D eigenvalue weighted by molar-refractivity contribution is -0.138. The molecule has 3 rings (SSSR count). The summed E-state index contributed by atoms with van der Waals surface area (Å²) in [7, 11) is -0.901. The van der Waals surface area contributed by atoms with Crippen molar-refractivity contribution >= 4 is 24.2 Å². The van der Waals surface area contributed by atoms with Gasteiger partial charge in [0.05, 0.1) is 16.8 Å². The van der Waals surface area contributed by atoms with E-state index in [-0.39, 0.29) is 22.0 Å². The van der Waals surface area contributed by atoms with E-state index in [2.05, 4.69) is 0 Å². The molecule has 1 aromatic carbocycles. The maximum Gasteiger partial charge on any atom is 0.496 e. The van der Waals surface area contributed by atoms with Crippen LogP contribution in [0.15, 0.2) is 12.1 Å². The van der Waals surface area contributed by atoms with Gasteiger partial charge in [0.2, 0.25) is 0 Å². The van der Waals surface area contributed by atoms with Gasteiger partial charge in [0.15, 0.2) is 0 Å². The van der Waals surface area contributed by atoms with Crippen molar-refractivity contribution in [2.24, 2.45) is 0 Å². The van der Waals surface area contributed by atoms with Crippen LogP contribution < -0.4 is 5.46 Å². The number of hydrogen-bond acceptors (Lipinski definition) is 2. The fraction of sp³-hybridized carbons (Fsp3) is 0.625. The van der Waals surface area contributed by atoms with E-state index >= 15 is 0 Å². The molecule has 0 spiro atoms. The Morgan fingerprint density at radius 1 is 1.09 bits per heavy atom. The molecule has 0 radical (unpaired) electrons. The van der Waals surface area contributed by atoms with Crippen LogP contribution in [0.4, 0.5) is 13.2 Å². The molecule has 1 saturated heterocycles. The van der Waals surface area contributed by atoms with Crippen LogP contribution in [0.3, 0.4) is 0 Å². The van der Waals surface area contributed by atoms with Gasteiger partial charge in [0, 0.05) is 10.5 Å². The van der Waals surface area contributed by atoms with Crippen molar-refractivity contribution in [2.45, 2.75) is 63.8 Å². The Balaban J connectivity index is 2.04. The van der Waals surface area contributed by atoms with Crippen molar-refractivity contribution in [2.75, 3.05) is 0 Å². The van der Waals surface area contributed by atoms with Gasteiger partial charge in [-0.05, 0) is 64.2 Å².